The summed E-state index contributed by atoms with van der Waals surface area (Å²) in [5, 5.41) is 2.99. The highest BCUT2D eigenvalue weighted by atomic mass is 32.1. The molecule has 1 aromatic carbocycles. The first-order valence-electron chi connectivity index (χ1n) is 3.41. The molecule has 0 nitrogen and oxygen atoms in total. The summed E-state index contributed by atoms with van der Waals surface area (Å²) in [4.78, 5) is 0. The van der Waals surface area contributed by atoms with Crippen LogP contribution in [0.2, 0.25) is 0 Å². The Labute approximate surface area is 68.3 Å². The lowest BCUT2D eigenvalue weighted by molar-refractivity contribution is 0.629. The summed E-state index contributed by atoms with van der Waals surface area (Å²) >= 11 is 1.66. The number of hydrogen-bond acceptors (Lipinski definition) is 1. The van der Waals surface area contributed by atoms with Crippen molar-refractivity contribution in [1.29, 1.82) is 0 Å². The first-order chi connectivity index (χ1) is 5.27. The summed E-state index contributed by atoms with van der Waals surface area (Å²) in [6, 6.07) is 5.08. The molecule has 2 rings (SSSR count). The van der Waals surface area contributed by atoms with Gasteiger partial charge in [-0.3, -0.25) is 0 Å². The van der Waals surface area contributed by atoms with E-state index in [2.05, 4.69) is 0 Å². The first kappa shape index (κ1) is 6.80. The zero-order chi connectivity index (χ0) is 7.84. The molecule has 0 bridgehead atoms. The van der Waals surface area contributed by atoms with E-state index in [0.717, 1.165) is 10.9 Å². The van der Waals surface area contributed by atoms with Crippen molar-refractivity contribution in [3.05, 3.63) is 35.0 Å². The third-order valence-corrected chi connectivity index (χ3v) is 2.77. The first-order valence-corrected chi connectivity index (χ1v) is 4.29. The van der Waals surface area contributed by atoms with Gasteiger partial charge in [0.15, 0.2) is 0 Å². The van der Waals surface area contributed by atoms with Crippen LogP contribution in [0.3, 0.4) is 0 Å². The lowest BCUT2D eigenvalue weighted by Crippen LogP contribution is -1.76. The van der Waals surface area contributed by atoms with E-state index < -0.39 is 0 Å². The maximum Gasteiger partial charge on any atom is 0.124 e. The largest absolute Gasteiger partial charge is 0.207 e. The van der Waals surface area contributed by atoms with E-state index in [-0.39, 0.29) is 5.82 Å². The average molecular weight is 166 g/mol. The topological polar surface area (TPSA) is 0 Å². The van der Waals surface area contributed by atoms with Crippen LogP contribution in [-0.2, 0) is 0 Å². The van der Waals surface area contributed by atoms with Crippen LogP contribution in [0.5, 0.6) is 0 Å². The van der Waals surface area contributed by atoms with E-state index in [1.807, 2.05) is 18.4 Å². The molecule has 0 aliphatic heterocycles. The molecule has 0 aliphatic rings. The van der Waals surface area contributed by atoms with Crippen LogP contribution in [0.25, 0.3) is 10.1 Å². The average Bonchev–Trinajstić information content (AvgIpc) is 2.34. The Bertz CT molecular complexity index is 389. The second-order valence-corrected chi connectivity index (χ2v) is 3.48. The molecule has 1 heterocycles. The molecule has 1 aromatic heterocycles. The van der Waals surface area contributed by atoms with Gasteiger partial charge in [-0.1, -0.05) is 0 Å². The molecule has 56 valence electrons. The van der Waals surface area contributed by atoms with Crippen molar-refractivity contribution in [3.8, 4) is 0 Å². The van der Waals surface area contributed by atoms with E-state index in [1.54, 1.807) is 23.5 Å². The van der Waals surface area contributed by atoms with Gasteiger partial charge in [0.05, 0.1) is 0 Å². The fraction of sp³-hybridized carbons (Fsp3) is 0.111. The number of thiophene rings is 1. The Balaban J connectivity index is 2.91. The molecule has 0 amide bonds. The number of fused-ring (bicyclic) bond motifs is 1. The van der Waals surface area contributed by atoms with Gasteiger partial charge in [-0.05, 0) is 41.5 Å². The number of hydrogen-bond donors (Lipinski definition) is 0. The molecule has 0 saturated carbocycles. The van der Waals surface area contributed by atoms with Gasteiger partial charge in [0.1, 0.15) is 5.82 Å². The molecular formula is C9H7FS. The Kier molecular flexibility index (Phi) is 1.43. The van der Waals surface area contributed by atoms with Gasteiger partial charge in [0.25, 0.3) is 0 Å². The van der Waals surface area contributed by atoms with Crippen LogP contribution in [-0.4, -0.2) is 0 Å². The van der Waals surface area contributed by atoms with Crippen molar-refractivity contribution >= 4 is 21.4 Å². The zero-order valence-electron chi connectivity index (χ0n) is 6.10. The van der Waals surface area contributed by atoms with Gasteiger partial charge < -0.3 is 0 Å². The second kappa shape index (κ2) is 2.31. The molecule has 2 heteroatoms. The molecule has 0 fully saturated rings. The minimum atomic E-state index is -0.145. The summed E-state index contributed by atoms with van der Waals surface area (Å²) in [6.07, 6.45) is 0. The van der Waals surface area contributed by atoms with Gasteiger partial charge in [-0.15, -0.1) is 11.3 Å². The molecule has 0 aliphatic carbocycles. The normalized spacial score (nSPS) is 10.7. The van der Waals surface area contributed by atoms with Crippen molar-refractivity contribution < 1.29 is 4.39 Å². The predicted molar refractivity (Wildman–Crippen MR) is 46.5 cm³/mol. The van der Waals surface area contributed by atoms with Crippen LogP contribution in [0.1, 0.15) is 5.56 Å². The van der Waals surface area contributed by atoms with E-state index in [9.17, 15) is 4.39 Å². The Morgan fingerprint density at radius 1 is 1.36 bits per heavy atom. The van der Waals surface area contributed by atoms with Crippen molar-refractivity contribution in [2.24, 2.45) is 0 Å². The Morgan fingerprint density at radius 2 is 2.18 bits per heavy atom. The van der Waals surface area contributed by atoms with Gasteiger partial charge >= 0.3 is 0 Å². The number of benzene rings is 1. The van der Waals surface area contributed by atoms with Crippen molar-refractivity contribution in [3.63, 3.8) is 0 Å². The monoisotopic (exact) mass is 166 g/mol. The van der Waals surface area contributed by atoms with E-state index in [0.29, 0.717) is 0 Å². The van der Waals surface area contributed by atoms with Gasteiger partial charge in [-0.25, -0.2) is 4.39 Å². The summed E-state index contributed by atoms with van der Waals surface area (Å²) in [5.41, 5.74) is 1.02. The Morgan fingerprint density at radius 3 is 3.00 bits per heavy atom. The molecular weight excluding hydrogens is 159 g/mol. The molecule has 0 saturated heterocycles. The highest BCUT2D eigenvalue weighted by molar-refractivity contribution is 7.17. The molecule has 0 atom stereocenters. The second-order valence-electron chi connectivity index (χ2n) is 2.56. The fourth-order valence-electron chi connectivity index (χ4n) is 1.22. The predicted octanol–water partition coefficient (Wildman–Crippen LogP) is 3.35. The number of rotatable bonds is 0. The standard InChI is InChI=1S/C9H7FS/c1-6-4-8(10)5-7-2-3-11-9(6)7/h2-5H,1H3. The van der Waals surface area contributed by atoms with Crippen molar-refractivity contribution in [2.45, 2.75) is 6.92 Å². The Hall–Kier alpha value is -0.890. The van der Waals surface area contributed by atoms with Crippen molar-refractivity contribution in [1.82, 2.24) is 0 Å². The molecule has 0 spiro atoms. The van der Waals surface area contributed by atoms with Crippen LogP contribution in [0.4, 0.5) is 4.39 Å². The maximum absolute atomic E-state index is 12.8. The molecule has 0 unspecified atom stereocenters. The third-order valence-electron chi connectivity index (χ3n) is 1.70. The minimum absolute atomic E-state index is 0.145. The molecule has 0 N–H and O–H groups in total. The molecule has 0 radical (unpaired) electrons. The van der Waals surface area contributed by atoms with Gasteiger partial charge in [0.2, 0.25) is 0 Å². The van der Waals surface area contributed by atoms with E-state index >= 15 is 0 Å². The highest BCUT2D eigenvalue weighted by Gasteiger charge is 2.00. The van der Waals surface area contributed by atoms with Gasteiger partial charge in [-0.2, -0.15) is 0 Å². The maximum atomic E-state index is 12.8. The summed E-state index contributed by atoms with van der Waals surface area (Å²) in [7, 11) is 0. The van der Waals surface area contributed by atoms with Crippen LogP contribution < -0.4 is 0 Å². The van der Waals surface area contributed by atoms with Gasteiger partial charge in [0, 0.05) is 4.70 Å². The molecule has 2 aromatic rings. The SMILES string of the molecule is Cc1cc(F)cc2ccsc12. The smallest absolute Gasteiger partial charge is 0.124 e. The van der Waals surface area contributed by atoms with E-state index in [1.165, 1.54) is 4.70 Å². The van der Waals surface area contributed by atoms with Crippen LogP contribution in [0, 0.1) is 12.7 Å². The summed E-state index contributed by atoms with van der Waals surface area (Å²) in [5.74, 6) is -0.145. The lowest BCUT2D eigenvalue weighted by Gasteiger charge is -1.94. The summed E-state index contributed by atoms with van der Waals surface area (Å²) < 4.78 is 14.0. The lowest BCUT2D eigenvalue weighted by atomic mass is 10.2. The van der Waals surface area contributed by atoms with Crippen molar-refractivity contribution in [2.75, 3.05) is 0 Å². The minimum Gasteiger partial charge on any atom is -0.207 e. The quantitative estimate of drug-likeness (QED) is 0.563. The fourth-order valence-corrected chi connectivity index (χ4v) is 2.07. The highest BCUT2D eigenvalue weighted by Crippen LogP contribution is 2.25. The zero-order valence-corrected chi connectivity index (χ0v) is 6.91. The third kappa shape index (κ3) is 1.03. The number of aryl methyl sites for hydroxylation is 1. The number of halogens is 1. The van der Waals surface area contributed by atoms with E-state index in [4.69, 9.17) is 0 Å². The van der Waals surface area contributed by atoms with Crippen LogP contribution >= 0.6 is 11.3 Å². The summed E-state index contributed by atoms with van der Waals surface area (Å²) in [6.45, 7) is 1.93. The molecule has 11 heavy (non-hydrogen) atoms. The van der Waals surface area contributed by atoms with Crippen LogP contribution in [0.15, 0.2) is 23.6 Å².